The van der Waals surface area contributed by atoms with Crippen LogP contribution in [0, 0.1) is 5.41 Å². The van der Waals surface area contributed by atoms with Crippen LogP contribution in [-0.4, -0.2) is 24.3 Å². The minimum Gasteiger partial charge on any atom is -0.493 e. The van der Waals surface area contributed by atoms with Crippen LogP contribution in [0.15, 0.2) is 103 Å². The Balaban J connectivity index is 1.22. The van der Waals surface area contributed by atoms with Gasteiger partial charge in [-0.25, -0.2) is 0 Å². The predicted octanol–water partition coefficient (Wildman–Crippen LogP) is 6.86. The number of rotatable bonds is 12. The highest BCUT2D eigenvalue weighted by Crippen LogP contribution is 2.37. The van der Waals surface area contributed by atoms with Crippen molar-refractivity contribution in [3.8, 4) is 23.0 Å². The molecule has 40 heavy (non-hydrogen) atoms. The molecule has 1 heterocycles. The number of para-hydroxylation sites is 2. The zero-order chi connectivity index (χ0) is 27.7. The number of ketones is 1. The average Bonchev–Trinajstić information content (AvgIpc) is 2.96. The number of nitrogens with two attached hydrogens (primary N) is 1. The fourth-order valence-corrected chi connectivity index (χ4v) is 4.99. The lowest BCUT2D eigenvalue weighted by Gasteiger charge is -2.31. The van der Waals surface area contributed by atoms with Gasteiger partial charge in [-0.15, -0.1) is 0 Å². The van der Waals surface area contributed by atoms with E-state index in [1.807, 2.05) is 103 Å². The average molecular weight is 535 g/mol. The molecular weight excluding hydrogens is 500 g/mol. The second-order valence-corrected chi connectivity index (χ2v) is 10.0. The molecule has 1 aliphatic heterocycles. The third kappa shape index (κ3) is 7.08. The van der Waals surface area contributed by atoms with E-state index in [9.17, 15) is 4.79 Å². The normalized spacial score (nSPS) is 16.1. The highest BCUT2D eigenvalue weighted by Gasteiger charge is 2.36. The van der Waals surface area contributed by atoms with E-state index in [1.165, 1.54) is 5.56 Å². The molecule has 204 valence electrons. The summed E-state index contributed by atoms with van der Waals surface area (Å²) in [4.78, 5) is 13.7. The van der Waals surface area contributed by atoms with Gasteiger partial charge in [-0.2, -0.15) is 0 Å². The largest absolute Gasteiger partial charge is 0.493 e. The molecule has 0 aromatic heterocycles. The second kappa shape index (κ2) is 13.0. The van der Waals surface area contributed by atoms with Gasteiger partial charge in [-0.3, -0.25) is 10.2 Å². The molecule has 0 saturated heterocycles. The Kier molecular flexibility index (Phi) is 8.76. The standard InChI is InChI=1S/C34H34N2O4/c35-33(36)15-7-8-24-16-18-26(19-17-24)38-21-20-32-34(37)30(29-13-4-5-14-31(29)40-32)23-25-9-6-12-28(22-25)39-27-10-2-1-3-11-27/h1-6,9-14,16-19,22,30,32H,7-8,15,20-21,23H2,(H3,35,36). The Morgan fingerprint density at radius 3 is 2.38 bits per heavy atom. The smallest absolute Gasteiger partial charge is 0.181 e. The molecule has 6 heteroatoms. The SMILES string of the molecule is N=C(N)CCCc1ccc(OCCC2Oc3ccccc3C(Cc3cccc(Oc4ccccc4)c3)C2=O)cc1. The van der Waals surface area contributed by atoms with E-state index in [-0.39, 0.29) is 17.5 Å². The fraction of sp³-hybridized carbons (Fsp3) is 0.235. The molecule has 0 amide bonds. The topological polar surface area (TPSA) is 94.6 Å². The first-order valence-electron chi connectivity index (χ1n) is 13.7. The summed E-state index contributed by atoms with van der Waals surface area (Å²) in [7, 11) is 0. The Morgan fingerprint density at radius 1 is 0.825 bits per heavy atom. The summed E-state index contributed by atoms with van der Waals surface area (Å²) in [5.74, 6) is 3.00. The maximum Gasteiger partial charge on any atom is 0.181 e. The van der Waals surface area contributed by atoms with Crippen molar-refractivity contribution in [2.24, 2.45) is 5.73 Å². The summed E-state index contributed by atoms with van der Waals surface area (Å²) in [6.07, 6.45) is 2.77. The summed E-state index contributed by atoms with van der Waals surface area (Å²) in [6.45, 7) is 0.370. The predicted molar refractivity (Wildman–Crippen MR) is 157 cm³/mol. The van der Waals surface area contributed by atoms with Crippen molar-refractivity contribution < 1.29 is 19.0 Å². The van der Waals surface area contributed by atoms with Crippen molar-refractivity contribution in [3.05, 3.63) is 120 Å². The Morgan fingerprint density at radius 2 is 1.57 bits per heavy atom. The van der Waals surface area contributed by atoms with Crippen LogP contribution in [0.1, 0.15) is 41.9 Å². The van der Waals surface area contributed by atoms with Crippen LogP contribution in [0.3, 0.4) is 0 Å². The van der Waals surface area contributed by atoms with Gasteiger partial charge in [0, 0.05) is 18.4 Å². The van der Waals surface area contributed by atoms with E-state index in [4.69, 9.17) is 25.4 Å². The molecule has 6 nitrogen and oxygen atoms in total. The van der Waals surface area contributed by atoms with E-state index in [0.29, 0.717) is 25.9 Å². The molecule has 0 spiro atoms. The highest BCUT2D eigenvalue weighted by atomic mass is 16.5. The first-order valence-corrected chi connectivity index (χ1v) is 13.7. The lowest BCUT2D eigenvalue weighted by Crippen LogP contribution is -2.38. The van der Waals surface area contributed by atoms with E-state index in [0.717, 1.165) is 47.0 Å². The number of hydrogen-bond acceptors (Lipinski definition) is 5. The zero-order valence-corrected chi connectivity index (χ0v) is 22.4. The molecule has 4 aromatic rings. The molecule has 3 N–H and O–H groups in total. The first-order chi connectivity index (χ1) is 19.5. The van der Waals surface area contributed by atoms with Crippen LogP contribution in [0.5, 0.6) is 23.0 Å². The summed E-state index contributed by atoms with van der Waals surface area (Å²) < 4.78 is 18.1. The number of ether oxygens (including phenoxy) is 3. The van der Waals surface area contributed by atoms with Crippen LogP contribution < -0.4 is 19.9 Å². The number of fused-ring (bicyclic) bond motifs is 1. The second-order valence-electron chi connectivity index (χ2n) is 10.0. The van der Waals surface area contributed by atoms with Crippen LogP contribution in [-0.2, 0) is 17.6 Å². The van der Waals surface area contributed by atoms with Gasteiger partial charge in [-0.1, -0.05) is 60.7 Å². The molecule has 0 aliphatic carbocycles. The first kappa shape index (κ1) is 27.0. The summed E-state index contributed by atoms with van der Waals surface area (Å²) in [5, 5.41) is 7.34. The number of amidine groups is 1. The van der Waals surface area contributed by atoms with Crippen LogP contribution in [0.25, 0.3) is 0 Å². The molecule has 4 aromatic carbocycles. The van der Waals surface area contributed by atoms with E-state index in [1.54, 1.807) is 0 Å². The van der Waals surface area contributed by atoms with Crippen molar-refractivity contribution in [2.75, 3.05) is 6.61 Å². The van der Waals surface area contributed by atoms with Gasteiger partial charge >= 0.3 is 0 Å². The lowest BCUT2D eigenvalue weighted by atomic mass is 9.83. The number of carbonyl (C=O) groups is 1. The zero-order valence-electron chi connectivity index (χ0n) is 22.4. The van der Waals surface area contributed by atoms with Gasteiger partial charge in [0.15, 0.2) is 11.9 Å². The number of hydrogen-bond donors (Lipinski definition) is 2. The maximum absolute atomic E-state index is 13.7. The molecule has 1 aliphatic rings. The third-order valence-corrected chi connectivity index (χ3v) is 7.03. The molecule has 0 fully saturated rings. The van der Waals surface area contributed by atoms with E-state index >= 15 is 0 Å². The van der Waals surface area contributed by atoms with Crippen molar-refractivity contribution in [3.63, 3.8) is 0 Å². The summed E-state index contributed by atoms with van der Waals surface area (Å²) in [5.41, 5.74) is 8.56. The van der Waals surface area contributed by atoms with Gasteiger partial charge in [0.25, 0.3) is 0 Å². The number of nitrogens with one attached hydrogen (secondary N) is 1. The maximum atomic E-state index is 13.7. The number of carbonyl (C=O) groups excluding carboxylic acids is 1. The van der Waals surface area contributed by atoms with E-state index in [2.05, 4.69) is 0 Å². The fourth-order valence-electron chi connectivity index (χ4n) is 4.99. The summed E-state index contributed by atoms with van der Waals surface area (Å²) in [6, 6.07) is 33.3. The highest BCUT2D eigenvalue weighted by molar-refractivity contribution is 5.92. The minimum atomic E-state index is -0.575. The Hall–Kier alpha value is -4.58. The Labute approximate surface area is 235 Å². The van der Waals surface area contributed by atoms with Gasteiger partial charge < -0.3 is 19.9 Å². The molecular formula is C34H34N2O4. The van der Waals surface area contributed by atoms with Crippen molar-refractivity contribution in [1.82, 2.24) is 0 Å². The summed E-state index contributed by atoms with van der Waals surface area (Å²) >= 11 is 0. The molecule has 0 bridgehead atoms. The lowest BCUT2D eigenvalue weighted by molar-refractivity contribution is -0.129. The number of Topliss-reactive ketones (excluding diaryl/α,β-unsaturated/α-hetero) is 1. The third-order valence-electron chi connectivity index (χ3n) is 7.03. The van der Waals surface area contributed by atoms with Crippen LogP contribution in [0.2, 0.25) is 0 Å². The monoisotopic (exact) mass is 534 g/mol. The van der Waals surface area contributed by atoms with Crippen LogP contribution in [0.4, 0.5) is 0 Å². The van der Waals surface area contributed by atoms with Crippen LogP contribution >= 0.6 is 0 Å². The molecule has 5 rings (SSSR count). The number of aryl methyl sites for hydroxylation is 1. The van der Waals surface area contributed by atoms with Gasteiger partial charge in [0.1, 0.15) is 23.0 Å². The van der Waals surface area contributed by atoms with Crippen molar-refractivity contribution in [1.29, 1.82) is 5.41 Å². The van der Waals surface area contributed by atoms with Crippen molar-refractivity contribution >= 4 is 11.6 Å². The number of benzene rings is 4. The van der Waals surface area contributed by atoms with Gasteiger partial charge in [-0.05, 0) is 72.9 Å². The van der Waals surface area contributed by atoms with Gasteiger partial charge in [0.2, 0.25) is 0 Å². The molecule has 2 atom stereocenters. The molecule has 2 unspecified atom stereocenters. The minimum absolute atomic E-state index is 0.0671. The molecule has 0 radical (unpaired) electrons. The van der Waals surface area contributed by atoms with E-state index < -0.39 is 6.10 Å². The van der Waals surface area contributed by atoms with Crippen molar-refractivity contribution in [2.45, 2.75) is 44.1 Å². The van der Waals surface area contributed by atoms with Gasteiger partial charge in [0.05, 0.1) is 18.4 Å². The Bertz CT molecular complexity index is 1440. The quantitative estimate of drug-likeness (QED) is 0.153. The molecule has 0 saturated carbocycles.